The van der Waals surface area contributed by atoms with Crippen molar-refractivity contribution in [1.29, 1.82) is 0 Å². The van der Waals surface area contributed by atoms with Crippen LogP contribution >= 0.6 is 0 Å². The van der Waals surface area contributed by atoms with Crippen molar-refractivity contribution in [3.05, 3.63) is 39.9 Å². The zero-order valence-corrected chi connectivity index (χ0v) is 12.4. The van der Waals surface area contributed by atoms with E-state index in [0.29, 0.717) is 38.4 Å². The topological polar surface area (TPSA) is 85.1 Å². The Bertz CT molecular complexity index is 433. The van der Waals surface area contributed by atoms with Gasteiger partial charge in [0.05, 0.1) is 24.2 Å². The first-order valence-electron chi connectivity index (χ1n) is 6.71. The summed E-state index contributed by atoms with van der Waals surface area (Å²) in [5.74, 6) is 0. The van der Waals surface area contributed by atoms with Crippen molar-refractivity contribution in [3.63, 3.8) is 0 Å². The lowest BCUT2D eigenvalue weighted by molar-refractivity contribution is -0.385. The molecule has 21 heavy (non-hydrogen) atoms. The summed E-state index contributed by atoms with van der Waals surface area (Å²) in [6, 6.07) is 6.06. The third-order valence-corrected chi connectivity index (χ3v) is 3.12. The molecule has 0 saturated heterocycles. The van der Waals surface area contributed by atoms with Crippen LogP contribution in [0.3, 0.4) is 0 Å². The number of rotatable bonds is 10. The van der Waals surface area contributed by atoms with E-state index in [9.17, 15) is 15.2 Å². The molecule has 0 fully saturated rings. The smallest absolute Gasteiger partial charge is 0.269 e. The van der Waals surface area contributed by atoms with Crippen LogP contribution in [0.1, 0.15) is 11.7 Å². The normalized spacial score (nSPS) is 12.6. The van der Waals surface area contributed by atoms with Gasteiger partial charge in [-0.3, -0.25) is 15.0 Å². The summed E-state index contributed by atoms with van der Waals surface area (Å²) in [4.78, 5) is 12.3. The molecule has 0 saturated carbocycles. The van der Waals surface area contributed by atoms with Crippen molar-refractivity contribution in [2.45, 2.75) is 6.10 Å². The minimum Gasteiger partial charge on any atom is -0.387 e. The lowest BCUT2D eigenvalue weighted by Crippen LogP contribution is -2.34. The molecule has 0 amide bonds. The van der Waals surface area contributed by atoms with Crippen LogP contribution in [0.15, 0.2) is 24.3 Å². The van der Waals surface area contributed by atoms with Crippen LogP contribution in [0.5, 0.6) is 0 Å². The Labute approximate surface area is 124 Å². The highest BCUT2D eigenvalue weighted by Gasteiger charge is 2.16. The van der Waals surface area contributed by atoms with E-state index in [1.165, 1.54) is 12.1 Å². The molecule has 0 aliphatic heterocycles. The Hall–Kier alpha value is -1.54. The van der Waals surface area contributed by atoms with Gasteiger partial charge in [-0.2, -0.15) is 0 Å². The molecule has 1 aromatic carbocycles. The van der Waals surface area contributed by atoms with Gasteiger partial charge in [-0.05, 0) is 5.56 Å². The first kappa shape index (κ1) is 17.5. The molecule has 118 valence electrons. The standard InChI is InChI=1S/C14H22N2O5/c1-20-8-6-15(7-9-21-2)11-14(17)12-4-3-5-13(10-12)16(18)19/h3-5,10,14,17H,6-9,11H2,1-2H3. The fourth-order valence-electron chi connectivity index (χ4n) is 1.93. The second-order valence-corrected chi connectivity index (χ2v) is 4.65. The van der Waals surface area contributed by atoms with Crippen molar-refractivity contribution >= 4 is 5.69 Å². The molecule has 0 aliphatic carbocycles. The summed E-state index contributed by atoms with van der Waals surface area (Å²) in [5, 5.41) is 21.0. The van der Waals surface area contributed by atoms with E-state index in [4.69, 9.17) is 9.47 Å². The van der Waals surface area contributed by atoms with E-state index in [2.05, 4.69) is 0 Å². The summed E-state index contributed by atoms with van der Waals surface area (Å²) in [7, 11) is 3.23. The molecule has 1 aromatic rings. The van der Waals surface area contributed by atoms with E-state index in [-0.39, 0.29) is 5.69 Å². The number of ether oxygens (including phenoxy) is 2. The van der Waals surface area contributed by atoms with Gasteiger partial charge >= 0.3 is 0 Å². The number of nitro benzene ring substituents is 1. The van der Waals surface area contributed by atoms with Crippen molar-refractivity contribution in [1.82, 2.24) is 4.90 Å². The first-order valence-corrected chi connectivity index (χ1v) is 6.71. The van der Waals surface area contributed by atoms with E-state index in [0.717, 1.165) is 0 Å². The number of nitrogens with zero attached hydrogens (tertiary/aromatic N) is 2. The average molecular weight is 298 g/mol. The molecule has 1 rings (SSSR count). The second-order valence-electron chi connectivity index (χ2n) is 4.65. The summed E-state index contributed by atoms with van der Waals surface area (Å²) in [6.45, 7) is 2.78. The monoisotopic (exact) mass is 298 g/mol. The molecule has 7 heteroatoms. The molecule has 1 unspecified atom stereocenters. The molecule has 0 heterocycles. The second kappa shape index (κ2) is 9.41. The molecule has 1 atom stereocenters. The van der Waals surface area contributed by atoms with E-state index in [1.807, 2.05) is 4.90 Å². The Morgan fingerprint density at radius 3 is 2.43 bits per heavy atom. The number of aliphatic hydroxyl groups excluding tert-OH is 1. The van der Waals surface area contributed by atoms with E-state index < -0.39 is 11.0 Å². The summed E-state index contributed by atoms with van der Waals surface area (Å²) >= 11 is 0. The highest BCUT2D eigenvalue weighted by Crippen LogP contribution is 2.20. The highest BCUT2D eigenvalue weighted by atomic mass is 16.6. The number of benzene rings is 1. The average Bonchev–Trinajstić information content (AvgIpc) is 2.49. The maximum absolute atomic E-state index is 10.8. The first-order chi connectivity index (χ1) is 10.1. The molecule has 7 nitrogen and oxygen atoms in total. The predicted molar refractivity (Wildman–Crippen MR) is 78.2 cm³/mol. The molecular weight excluding hydrogens is 276 g/mol. The largest absolute Gasteiger partial charge is 0.387 e. The Morgan fingerprint density at radius 2 is 1.90 bits per heavy atom. The number of hydrogen-bond acceptors (Lipinski definition) is 6. The summed E-state index contributed by atoms with van der Waals surface area (Å²) in [5.41, 5.74) is 0.510. The molecule has 0 aliphatic rings. The number of non-ortho nitro benzene ring substituents is 1. The Morgan fingerprint density at radius 1 is 1.29 bits per heavy atom. The van der Waals surface area contributed by atoms with Gasteiger partial charge < -0.3 is 14.6 Å². The highest BCUT2D eigenvalue weighted by molar-refractivity contribution is 5.35. The molecule has 0 aromatic heterocycles. The van der Waals surface area contributed by atoms with Crippen LogP contribution in [0.25, 0.3) is 0 Å². The predicted octanol–water partition coefficient (Wildman–Crippen LogP) is 1.22. The van der Waals surface area contributed by atoms with Crippen molar-refractivity contribution < 1.29 is 19.5 Å². The van der Waals surface area contributed by atoms with Gasteiger partial charge in [-0.25, -0.2) is 0 Å². The van der Waals surface area contributed by atoms with Crippen molar-refractivity contribution in [3.8, 4) is 0 Å². The number of methoxy groups -OCH3 is 2. The lowest BCUT2D eigenvalue weighted by Gasteiger charge is -2.24. The quantitative estimate of drug-likeness (QED) is 0.516. The van der Waals surface area contributed by atoms with Gasteiger partial charge in [-0.1, -0.05) is 12.1 Å². The molecule has 0 bridgehead atoms. The van der Waals surface area contributed by atoms with Crippen molar-refractivity contribution in [2.75, 3.05) is 47.1 Å². The number of hydrogen-bond donors (Lipinski definition) is 1. The van der Waals surface area contributed by atoms with E-state index >= 15 is 0 Å². The van der Waals surface area contributed by atoms with Crippen LogP contribution in [0, 0.1) is 10.1 Å². The fraction of sp³-hybridized carbons (Fsp3) is 0.571. The molecular formula is C14H22N2O5. The zero-order valence-electron chi connectivity index (χ0n) is 12.4. The summed E-state index contributed by atoms with van der Waals surface area (Å²) < 4.78 is 10.1. The third kappa shape index (κ3) is 6.17. The molecule has 0 radical (unpaired) electrons. The van der Waals surface area contributed by atoms with Gasteiger partial charge in [0.15, 0.2) is 0 Å². The zero-order chi connectivity index (χ0) is 15.7. The van der Waals surface area contributed by atoms with Gasteiger partial charge in [0, 0.05) is 46.0 Å². The number of nitro groups is 1. The fourth-order valence-corrected chi connectivity index (χ4v) is 1.93. The SMILES string of the molecule is COCCN(CCOC)CC(O)c1cccc([N+](=O)[O-])c1. The van der Waals surface area contributed by atoms with E-state index in [1.54, 1.807) is 26.4 Å². The lowest BCUT2D eigenvalue weighted by atomic mass is 10.1. The number of aliphatic hydroxyl groups is 1. The van der Waals surface area contributed by atoms with Gasteiger partial charge in [-0.15, -0.1) is 0 Å². The van der Waals surface area contributed by atoms with Crippen LogP contribution in [-0.4, -0.2) is 62.0 Å². The summed E-state index contributed by atoms with van der Waals surface area (Å²) in [6.07, 6.45) is -0.793. The van der Waals surface area contributed by atoms with Crippen molar-refractivity contribution in [2.24, 2.45) is 0 Å². The maximum Gasteiger partial charge on any atom is 0.269 e. The Kier molecular flexibility index (Phi) is 7.84. The maximum atomic E-state index is 10.8. The third-order valence-electron chi connectivity index (χ3n) is 3.12. The molecule has 1 N–H and O–H groups in total. The van der Waals surface area contributed by atoms with Gasteiger partial charge in [0.25, 0.3) is 5.69 Å². The van der Waals surface area contributed by atoms with Crippen LogP contribution < -0.4 is 0 Å². The van der Waals surface area contributed by atoms with Crippen LogP contribution in [-0.2, 0) is 9.47 Å². The van der Waals surface area contributed by atoms with Gasteiger partial charge in [0.2, 0.25) is 0 Å². The van der Waals surface area contributed by atoms with Crippen LogP contribution in [0.2, 0.25) is 0 Å². The van der Waals surface area contributed by atoms with Gasteiger partial charge in [0.1, 0.15) is 0 Å². The minimum absolute atomic E-state index is 0.0214. The minimum atomic E-state index is -0.793. The molecule has 0 spiro atoms. The Balaban J connectivity index is 2.68. The van der Waals surface area contributed by atoms with Crippen LogP contribution in [0.4, 0.5) is 5.69 Å².